The Kier molecular flexibility index (Phi) is 5.77. The summed E-state index contributed by atoms with van der Waals surface area (Å²) in [6.07, 6.45) is 1.09. The predicted molar refractivity (Wildman–Crippen MR) is 81.0 cm³/mol. The number of amides is 1. The van der Waals surface area contributed by atoms with E-state index < -0.39 is 18.2 Å². The van der Waals surface area contributed by atoms with Gasteiger partial charge in [0, 0.05) is 0 Å². The SMILES string of the molecule is CCCCOc1ccccc1NC(=O)[C@@H]1CC[C@H](C(=O)O)O1. The number of rotatable bonds is 7. The van der Waals surface area contributed by atoms with Crippen molar-refractivity contribution in [1.82, 2.24) is 0 Å². The molecule has 1 amide bonds. The number of para-hydroxylation sites is 2. The Hall–Kier alpha value is -2.08. The summed E-state index contributed by atoms with van der Waals surface area (Å²) >= 11 is 0. The van der Waals surface area contributed by atoms with E-state index in [1.165, 1.54) is 0 Å². The number of benzene rings is 1. The Balaban J connectivity index is 1.95. The van der Waals surface area contributed by atoms with E-state index in [4.69, 9.17) is 14.6 Å². The van der Waals surface area contributed by atoms with Gasteiger partial charge in [-0.15, -0.1) is 0 Å². The molecule has 22 heavy (non-hydrogen) atoms. The summed E-state index contributed by atoms with van der Waals surface area (Å²) < 4.78 is 10.9. The van der Waals surface area contributed by atoms with E-state index in [0.29, 0.717) is 30.9 Å². The largest absolute Gasteiger partial charge is 0.491 e. The normalized spacial score (nSPS) is 20.6. The summed E-state index contributed by atoms with van der Waals surface area (Å²) in [5.41, 5.74) is 0.575. The van der Waals surface area contributed by atoms with Gasteiger partial charge >= 0.3 is 5.97 Å². The molecule has 0 aliphatic carbocycles. The van der Waals surface area contributed by atoms with Gasteiger partial charge in [0.2, 0.25) is 0 Å². The van der Waals surface area contributed by atoms with E-state index >= 15 is 0 Å². The van der Waals surface area contributed by atoms with Gasteiger partial charge in [-0.2, -0.15) is 0 Å². The van der Waals surface area contributed by atoms with Crippen LogP contribution in [0.1, 0.15) is 32.6 Å². The van der Waals surface area contributed by atoms with Crippen LogP contribution in [-0.4, -0.2) is 35.8 Å². The van der Waals surface area contributed by atoms with Crippen LogP contribution in [0.4, 0.5) is 5.69 Å². The van der Waals surface area contributed by atoms with E-state index in [-0.39, 0.29) is 5.91 Å². The maximum Gasteiger partial charge on any atom is 0.332 e. The Labute approximate surface area is 129 Å². The van der Waals surface area contributed by atoms with Crippen LogP contribution in [0.15, 0.2) is 24.3 Å². The van der Waals surface area contributed by atoms with E-state index in [9.17, 15) is 9.59 Å². The Morgan fingerprint density at radius 2 is 2.05 bits per heavy atom. The second kappa shape index (κ2) is 7.79. The van der Waals surface area contributed by atoms with Gasteiger partial charge < -0.3 is 19.9 Å². The number of aliphatic carboxylic acids is 1. The molecule has 0 aromatic heterocycles. The highest BCUT2D eigenvalue weighted by atomic mass is 16.5. The van der Waals surface area contributed by atoms with Crippen molar-refractivity contribution in [2.24, 2.45) is 0 Å². The number of hydrogen-bond acceptors (Lipinski definition) is 4. The number of carboxylic acid groups (broad SMARTS) is 1. The number of carboxylic acids is 1. The quantitative estimate of drug-likeness (QED) is 0.756. The minimum atomic E-state index is -1.03. The van der Waals surface area contributed by atoms with Crippen LogP contribution in [0.2, 0.25) is 0 Å². The third-order valence-electron chi connectivity index (χ3n) is 3.49. The molecule has 1 heterocycles. The second-order valence-corrected chi connectivity index (χ2v) is 5.22. The van der Waals surface area contributed by atoms with E-state index in [1.54, 1.807) is 18.2 Å². The number of anilines is 1. The van der Waals surface area contributed by atoms with E-state index in [2.05, 4.69) is 12.2 Å². The molecule has 120 valence electrons. The van der Waals surface area contributed by atoms with Crippen LogP contribution in [0.5, 0.6) is 5.75 Å². The van der Waals surface area contributed by atoms with E-state index in [1.807, 2.05) is 6.07 Å². The van der Waals surface area contributed by atoms with Crippen molar-refractivity contribution in [3.05, 3.63) is 24.3 Å². The number of unbranched alkanes of at least 4 members (excludes halogenated alkanes) is 1. The summed E-state index contributed by atoms with van der Waals surface area (Å²) in [6.45, 7) is 2.66. The maximum absolute atomic E-state index is 12.2. The highest BCUT2D eigenvalue weighted by Gasteiger charge is 2.34. The molecule has 1 fully saturated rings. The third kappa shape index (κ3) is 4.21. The molecule has 1 aliphatic heterocycles. The molecular formula is C16H21NO5. The van der Waals surface area contributed by atoms with Gasteiger partial charge in [-0.05, 0) is 31.4 Å². The standard InChI is InChI=1S/C16H21NO5/c1-2-3-10-21-12-7-5-4-6-11(12)17-15(18)13-8-9-14(22-13)16(19)20/h4-7,13-14H,2-3,8-10H2,1H3,(H,17,18)(H,19,20)/t13-,14+/m0/s1. The van der Waals surface area contributed by atoms with Crippen LogP contribution in [0.25, 0.3) is 0 Å². The summed E-state index contributed by atoms with van der Waals surface area (Å²) in [4.78, 5) is 23.0. The smallest absolute Gasteiger partial charge is 0.332 e. The number of ether oxygens (including phenoxy) is 2. The molecule has 1 aliphatic rings. The lowest BCUT2D eigenvalue weighted by atomic mass is 10.2. The highest BCUT2D eigenvalue weighted by Crippen LogP contribution is 2.26. The van der Waals surface area contributed by atoms with Crippen molar-refractivity contribution in [3.63, 3.8) is 0 Å². The molecule has 0 unspecified atom stereocenters. The molecule has 2 rings (SSSR count). The molecule has 6 nitrogen and oxygen atoms in total. The molecule has 2 N–H and O–H groups in total. The fraction of sp³-hybridized carbons (Fsp3) is 0.500. The zero-order chi connectivity index (χ0) is 15.9. The highest BCUT2D eigenvalue weighted by molar-refractivity contribution is 5.96. The number of hydrogen-bond donors (Lipinski definition) is 2. The van der Waals surface area contributed by atoms with Crippen LogP contribution in [0, 0.1) is 0 Å². The first kappa shape index (κ1) is 16.3. The Morgan fingerprint density at radius 3 is 2.73 bits per heavy atom. The van der Waals surface area contributed by atoms with Crippen molar-refractivity contribution >= 4 is 17.6 Å². The summed E-state index contributed by atoms with van der Waals surface area (Å²) in [7, 11) is 0. The van der Waals surface area contributed by atoms with Gasteiger partial charge in [0.1, 0.15) is 11.9 Å². The topological polar surface area (TPSA) is 84.9 Å². The van der Waals surface area contributed by atoms with Gasteiger partial charge in [-0.25, -0.2) is 4.79 Å². The lowest BCUT2D eigenvalue weighted by Crippen LogP contribution is -2.30. The Morgan fingerprint density at radius 1 is 1.32 bits per heavy atom. The minimum absolute atomic E-state index is 0.338. The molecule has 1 aromatic rings. The van der Waals surface area contributed by atoms with Crippen LogP contribution in [-0.2, 0) is 14.3 Å². The molecule has 6 heteroatoms. The lowest BCUT2D eigenvalue weighted by molar-refractivity contribution is -0.150. The van der Waals surface area contributed by atoms with Crippen LogP contribution >= 0.6 is 0 Å². The van der Waals surface area contributed by atoms with Crippen molar-refractivity contribution in [2.45, 2.75) is 44.8 Å². The minimum Gasteiger partial charge on any atom is -0.491 e. The van der Waals surface area contributed by atoms with Crippen molar-refractivity contribution < 1.29 is 24.2 Å². The average molecular weight is 307 g/mol. The molecular weight excluding hydrogens is 286 g/mol. The summed E-state index contributed by atoms with van der Waals surface area (Å²) in [6, 6.07) is 7.19. The van der Waals surface area contributed by atoms with Crippen LogP contribution < -0.4 is 10.1 Å². The van der Waals surface area contributed by atoms with Crippen molar-refractivity contribution in [1.29, 1.82) is 0 Å². The zero-order valence-electron chi connectivity index (χ0n) is 12.6. The van der Waals surface area contributed by atoms with E-state index in [0.717, 1.165) is 12.8 Å². The summed E-state index contributed by atoms with van der Waals surface area (Å²) in [5.74, 6) is -0.758. The first-order chi connectivity index (χ1) is 10.6. The number of carbonyl (C=O) groups is 2. The van der Waals surface area contributed by atoms with Crippen molar-refractivity contribution in [2.75, 3.05) is 11.9 Å². The molecule has 0 spiro atoms. The predicted octanol–water partition coefficient (Wildman–Crippen LogP) is 2.44. The third-order valence-corrected chi connectivity index (χ3v) is 3.49. The molecule has 0 bridgehead atoms. The van der Waals surface area contributed by atoms with Crippen molar-refractivity contribution in [3.8, 4) is 5.75 Å². The van der Waals surface area contributed by atoms with Gasteiger partial charge in [-0.3, -0.25) is 4.79 Å². The molecule has 2 atom stereocenters. The van der Waals surface area contributed by atoms with Gasteiger partial charge in [0.25, 0.3) is 5.91 Å². The maximum atomic E-state index is 12.2. The lowest BCUT2D eigenvalue weighted by Gasteiger charge is -2.15. The fourth-order valence-corrected chi connectivity index (χ4v) is 2.25. The summed E-state index contributed by atoms with van der Waals surface area (Å²) in [5, 5.41) is 11.6. The van der Waals surface area contributed by atoms with Crippen LogP contribution in [0.3, 0.4) is 0 Å². The molecule has 1 saturated heterocycles. The van der Waals surface area contributed by atoms with Gasteiger partial charge in [0.15, 0.2) is 6.10 Å². The monoisotopic (exact) mass is 307 g/mol. The second-order valence-electron chi connectivity index (χ2n) is 5.22. The fourth-order valence-electron chi connectivity index (χ4n) is 2.25. The molecule has 1 aromatic carbocycles. The number of nitrogens with one attached hydrogen (secondary N) is 1. The molecule has 0 saturated carbocycles. The van der Waals surface area contributed by atoms with Gasteiger partial charge in [0.05, 0.1) is 12.3 Å². The average Bonchev–Trinajstić information content (AvgIpc) is 2.99. The zero-order valence-corrected chi connectivity index (χ0v) is 12.6. The Bertz CT molecular complexity index is 531. The first-order valence-electron chi connectivity index (χ1n) is 7.52. The molecule has 0 radical (unpaired) electrons. The van der Waals surface area contributed by atoms with Gasteiger partial charge in [-0.1, -0.05) is 25.5 Å². The number of carbonyl (C=O) groups excluding carboxylic acids is 1. The first-order valence-corrected chi connectivity index (χ1v) is 7.52.